The van der Waals surface area contributed by atoms with E-state index in [0.717, 1.165) is 29.0 Å². The lowest BCUT2D eigenvalue weighted by atomic mass is 9.98. The molecule has 0 bridgehead atoms. The van der Waals surface area contributed by atoms with Crippen LogP contribution in [0.2, 0.25) is 0 Å². The lowest BCUT2D eigenvalue weighted by Crippen LogP contribution is -2.45. The molecule has 3 heterocycles. The van der Waals surface area contributed by atoms with Gasteiger partial charge in [0.15, 0.2) is 11.5 Å². The highest BCUT2D eigenvalue weighted by Gasteiger charge is 2.35. The Bertz CT molecular complexity index is 996. The summed E-state index contributed by atoms with van der Waals surface area (Å²) in [5, 5.41) is 10.4. The maximum absolute atomic E-state index is 12.7. The number of hydrogen-bond acceptors (Lipinski definition) is 5. The maximum atomic E-state index is 12.7. The molecule has 3 aromatic rings. The van der Waals surface area contributed by atoms with Crippen LogP contribution in [-0.2, 0) is 5.66 Å². The van der Waals surface area contributed by atoms with Crippen LogP contribution in [0, 0.1) is 0 Å². The van der Waals surface area contributed by atoms with E-state index in [1.807, 2.05) is 46.5 Å². The minimum absolute atomic E-state index is 0.270. The molecule has 0 amide bonds. The molecule has 6 heteroatoms. The lowest BCUT2D eigenvalue weighted by molar-refractivity contribution is 0.289. The van der Waals surface area contributed by atoms with Gasteiger partial charge in [0, 0.05) is 11.3 Å². The zero-order valence-electron chi connectivity index (χ0n) is 15.7. The predicted molar refractivity (Wildman–Crippen MR) is 111 cm³/mol. The molecule has 1 unspecified atom stereocenters. The zero-order valence-corrected chi connectivity index (χ0v) is 16.6. The molecule has 5 nitrogen and oxygen atoms in total. The summed E-state index contributed by atoms with van der Waals surface area (Å²) >= 11 is 1.51. The third kappa shape index (κ3) is 3.30. The van der Waals surface area contributed by atoms with Gasteiger partial charge in [0.2, 0.25) is 0 Å². The van der Waals surface area contributed by atoms with Crippen molar-refractivity contribution in [2.24, 2.45) is 0 Å². The summed E-state index contributed by atoms with van der Waals surface area (Å²) in [5.41, 5.74) is 1.67. The molecule has 1 aliphatic rings. The van der Waals surface area contributed by atoms with Crippen LogP contribution in [0.15, 0.2) is 46.6 Å². The largest absolute Gasteiger partial charge is 0.361 e. The Morgan fingerprint density at radius 3 is 2.78 bits per heavy atom. The van der Waals surface area contributed by atoms with Crippen LogP contribution in [0.3, 0.4) is 0 Å². The van der Waals surface area contributed by atoms with Gasteiger partial charge in [-0.05, 0) is 43.3 Å². The van der Waals surface area contributed by atoms with Crippen molar-refractivity contribution in [3.8, 4) is 22.0 Å². The number of hydrogen-bond donors (Lipinski definition) is 1. The van der Waals surface area contributed by atoms with Crippen molar-refractivity contribution in [2.45, 2.75) is 51.6 Å². The van der Waals surface area contributed by atoms with E-state index in [1.54, 1.807) is 0 Å². The fourth-order valence-corrected chi connectivity index (χ4v) is 4.37. The smallest absolute Gasteiger partial charge is 0.300 e. The molecule has 140 valence electrons. The topological polar surface area (TPSA) is 59.8 Å². The van der Waals surface area contributed by atoms with E-state index in [1.165, 1.54) is 30.6 Å². The van der Waals surface area contributed by atoms with Crippen LogP contribution >= 0.6 is 11.3 Å². The lowest BCUT2D eigenvalue weighted by Gasteiger charge is -2.39. The van der Waals surface area contributed by atoms with Crippen molar-refractivity contribution in [1.29, 1.82) is 0 Å². The number of para-hydroxylation sites is 1. The van der Waals surface area contributed by atoms with Gasteiger partial charge in [0.05, 0.1) is 4.88 Å². The molecule has 0 saturated carbocycles. The van der Waals surface area contributed by atoms with Crippen molar-refractivity contribution in [3.63, 3.8) is 0 Å². The van der Waals surface area contributed by atoms with Gasteiger partial charge in [0.25, 0.3) is 0 Å². The highest BCUT2D eigenvalue weighted by Crippen LogP contribution is 2.39. The van der Waals surface area contributed by atoms with Crippen molar-refractivity contribution < 1.29 is 0 Å². The number of nitrogens with zero attached hydrogens (tertiary/aromatic N) is 3. The molecule has 0 aliphatic carbocycles. The Kier molecular flexibility index (Phi) is 4.83. The normalized spacial score (nSPS) is 17.9. The Balaban J connectivity index is 1.83. The second-order valence-corrected chi connectivity index (χ2v) is 8.18. The second kappa shape index (κ2) is 7.27. The molecule has 1 N–H and O–H groups in total. The molecule has 0 fully saturated rings. The molecule has 4 rings (SSSR count). The van der Waals surface area contributed by atoms with Crippen LogP contribution < -0.4 is 10.9 Å². The van der Waals surface area contributed by atoms with E-state index >= 15 is 0 Å². The predicted octanol–water partition coefficient (Wildman–Crippen LogP) is 5.10. The van der Waals surface area contributed by atoms with E-state index in [2.05, 4.69) is 24.1 Å². The van der Waals surface area contributed by atoms with E-state index in [4.69, 9.17) is 5.10 Å². The van der Waals surface area contributed by atoms with Crippen molar-refractivity contribution in [2.75, 3.05) is 5.32 Å². The Morgan fingerprint density at radius 1 is 1.15 bits per heavy atom. The number of nitrogens with one attached hydrogen (secondary N) is 1. The highest BCUT2D eigenvalue weighted by atomic mass is 32.1. The molecule has 2 aromatic heterocycles. The summed E-state index contributed by atoms with van der Waals surface area (Å²) in [6.07, 6.45) is 5.65. The summed E-state index contributed by atoms with van der Waals surface area (Å²) in [6, 6.07) is 11.9. The quantitative estimate of drug-likeness (QED) is 0.604. The summed E-state index contributed by atoms with van der Waals surface area (Å²) < 4.78 is 1.93. The van der Waals surface area contributed by atoms with Crippen LogP contribution in [0.1, 0.15) is 46.0 Å². The third-order valence-electron chi connectivity index (χ3n) is 5.12. The van der Waals surface area contributed by atoms with E-state index in [-0.39, 0.29) is 5.56 Å². The van der Waals surface area contributed by atoms with E-state index < -0.39 is 5.66 Å². The van der Waals surface area contributed by atoms with Gasteiger partial charge < -0.3 is 5.32 Å². The van der Waals surface area contributed by atoms with Gasteiger partial charge in [0.1, 0.15) is 5.66 Å². The van der Waals surface area contributed by atoms with Gasteiger partial charge in [-0.25, -0.2) is 4.68 Å². The number of aromatic nitrogens is 3. The standard InChI is InChI=1S/C21H24N4OS/c1-3-4-5-8-13-21(2)23-16-11-7-6-10-15(16)19-22-20(26)18(24-25(19)21)17-12-9-14-27-17/h6-7,9-12,14,23H,3-5,8,13H2,1-2H3. The molecule has 0 spiro atoms. The van der Waals surface area contributed by atoms with Gasteiger partial charge in [-0.3, -0.25) is 4.79 Å². The van der Waals surface area contributed by atoms with Gasteiger partial charge >= 0.3 is 5.56 Å². The van der Waals surface area contributed by atoms with Crippen LogP contribution in [0.25, 0.3) is 22.0 Å². The maximum Gasteiger partial charge on any atom is 0.300 e. The fourth-order valence-electron chi connectivity index (χ4n) is 3.67. The number of rotatable bonds is 6. The summed E-state index contributed by atoms with van der Waals surface area (Å²) in [4.78, 5) is 18.0. The molecule has 1 aliphatic heterocycles. The molecule has 1 aromatic carbocycles. The number of anilines is 1. The summed E-state index contributed by atoms with van der Waals surface area (Å²) in [5.74, 6) is 0.646. The molecule has 1 atom stereocenters. The summed E-state index contributed by atoms with van der Waals surface area (Å²) in [7, 11) is 0. The monoisotopic (exact) mass is 380 g/mol. The van der Waals surface area contributed by atoms with Crippen LogP contribution in [-0.4, -0.2) is 14.8 Å². The first-order valence-corrected chi connectivity index (χ1v) is 10.4. The number of fused-ring (bicyclic) bond motifs is 3. The third-order valence-corrected chi connectivity index (χ3v) is 6.00. The van der Waals surface area contributed by atoms with Crippen molar-refractivity contribution >= 4 is 17.0 Å². The number of benzene rings is 1. The molecule has 27 heavy (non-hydrogen) atoms. The van der Waals surface area contributed by atoms with Gasteiger partial charge in [-0.2, -0.15) is 10.1 Å². The van der Waals surface area contributed by atoms with Crippen molar-refractivity contribution in [1.82, 2.24) is 14.8 Å². The van der Waals surface area contributed by atoms with E-state index in [9.17, 15) is 4.79 Å². The Hall–Kier alpha value is -2.47. The molecule has 0 saturated heterocycles. The molecular weight excluding hydrogens is 356 g/mol. The Labute approximate surface area is 163 Å². The minimum Gasteiger partial charge on any atom is -0.361 e. The zero-order chi connectivity index (χ0) is 18.9. The first-order chi connectivity index (χ1) is 13.1. The first kappa shape index (κ1) is 17.9. The van der Waals surface area contributed by atoms with Crippen molar-refractivity contribution in [3.05, 3.63) is 52.1 Å². The highest BCUT2D eigenvalue weighted by molar-refractivity contribution is 7.13. The summed E-state index contributed by atoms with van der Waals surface area (Å²) in [6.45, 7) is 4.37. The average Bonchev–Trinajstić information content (AvgIpc) is 3.19. The number of thiophene rings is 1. The first-order valence-electron chi connectivity index (χ1n) is 9.56. The fraction of sp³-hybridized carbons (Fsp3) is 0.381. The number of unbranched alkanes of at least 4 members (excludes halogenated alkanes) is 3. The average molecular weight is 381 g/mol. The minimum atomic E-state index is -0.413. The SMILES string of the molecule is CCCCCCC1(C)Nc2ccccc2-c2nc(=O)c(-c3cccs3)nn21. The van der Waals surface area contributed by atoms with Gasteiger partial charge in [-0.1, -0.05) is 44.4 Å². The van der Waals surface area contributed by atoms with Crippen LogP contribution in [0.4, 0.5) is 5.69 Å². The molecular formula is C21H24N4OS. The van der Waals surface area contributed by atoms with Crippen LogP contribution in [0.5, 0.6) is 0 Å². The Morgan fingerprint density at radius 2 is 2.00 bits per heavy atom. The van der Waals surface area contributed by atoms with E-state index in [0.29, 0.717) is 11.5 Å². The van der Waals surface area contributed by atoms with Gasteiger partial charge in [-0.15, -0.1) is 11.3 Å². The second-order valence-electron chi connectivity index (χ2n) is 7.23. The molecule has 0 radical (unpaired) electrons.